The quantitative estimate of drug-likeness (QED) is 0.653. The van der Waals surface area contributed by atoms with Crippen LogP contribution in [0.3, 0.4) is 0 Å². The third kappa shape index (κ3) is 2.07. The van der Waals surface area contributed by atoms with Crippen LogP contribution < -0.4 is 4.57 Å². The Morgan fingerprint density at radius 2 is 1.53 bits per heavy atom. The van der Waals surface area contributed by atoms with Crippen molar-refractivity contribution in [3.8, 4) is 5.69 Å². The van der Waals surface area contributed by atoms with Crippen LogP contribution in [0.15, 0.2) is 54.9 Å². The molecule has 0 aliphatic rings. The van der Waals surface area contributed by atoms with Gasteiger partial charge in [-0.1, -0.05) is 38.1 Å². The molecule has 0 N–H and O–H groups in total. The van der Waals surface area contributed by atoms with Crippen molar-refractivity contribution in [2.24, 2.45) is 0 Å². The molecule has 1 nitrogen and oxygen atoms in total. The summed E-state index contributed by atoms with van der Waals surface area (Å²) in [5, 5.41) is 0. The van der Waals surface area contributed by atoms with Crippen LogP contribution in [0.25, 0.3) is 5.69 Å². The first-order valence-corrected chi connectivity index (χ1v) is 5.34. The zero-order valence-electron chi connectivity index (χ0n) is 9.22. The van der Waals surface area contributed by atoms with E-state index in [0.29, 0.717) is 5.92 Å². The van der Waals surface area contributed by atoms with E-state index >= 15 is 0 Å². The van der Waals surface area contributed by atoms with E-state index in [9.17, 15) is 0 Å². The summed E-state index contributed by atoms with van der Waals surface area (Å²) in [7, 11) is 0. The minimum absolute atomic E-state index is 0.550. The second-order valence-corrected chi connectivity index (χ2v) is 4.00. The summed E-state index contributed by atoms with van der Waals surface area (Å²) in [5.74, 6) is 0.550. The zero-order chi connectivity index (χ0) is 10.7. The highest BCUT2D eigenvalue weighted by atomic mass is 14.9. The Hall–Kier alpha value is -1.63. The fourth-order valence-electron chi connectivity index (χ4n) is 1.77. The molecule has 1 aromatic carbocycles. The van der Waals surface area contributed by atoms with Crippen molar-refractivity contribution in [2.45, 2.75) is 19.8 Å². The molecule has 1 heterocycles. The van der Waals surface area contributed by atoms with E-state index in [2.05, 4.69) is 67.2 Å². The summed E-state index contributed by atoms with van der Waals surface area (Å²) >= 11 is 0. The topological polar surface area (TPSA) is 3.88 Å². The summed E-state index contributed by atoms with van der Waals surface area (Å²) < 4.78 is 2.16. The molecule has 1 aromatic heterocycles. The Morgan fingerprint density at radius 3 is 2.20 bits per heavy atom. The SMILES string of the molecule is CC(C)c1ccccc1-[n+]1ccccc1. The molecule has 0 saturated carbocycles. The van der Waals surface area contributed by atoms with Crippen molar-refractivity contribution in [2.75, 3.05) is 0 Å². The normalized spacial score (nSPS) is 10.6. The Morgan fingerprint density at radius 1 is 0.867 bits per heavy atom. The van der Waals surface area contributed by atoms with E-state index in [1.165, 1.54) is 11.3 Å². The van der Waals surface area contributed by atoms with Gasteiger partial charge in [0.05, 0.1) is 0 Å². The monoisotopic (exact) mass is 198 g/mol. The number of rotatable bonds is 2. The summed E-state index contributed by atoms with van der Waals surface area (Å²) in [4.78, 5) is 0. The van der Waals surface area contributed by atoms with Crippen molar-refractivity contribution in [1.82, 2.24) is 0 Å². The van der Waals surface area contributed by atoms with E-state index in [0.717, 1.165) is 0 Å². The average Bonchev–Trinajstić information content (AvgIpc) is 2.30. The summed E-state index contributed by atoms with van der Waals surface area (Å²) in [6.45, 7) is 4.45. The van der Waals surface area contributed by atoms with Crippen LogP contribution >= 0.6 is 0 Å². The van der Waals surface area contributed by atoms with Crippen molar-refractivity contribution >= 4 is 0 Å². The second kappa shape index (κ2) is 4.26. The van der Waals surface area contributed by atoms with Crippen LogP contribution in [-0.4, -0.2) is 0 Å². The molecule has 2 aromatic rings. The Bertz CT molecular complexity index is 432. The van der Waals surface area contributed by atoms with Gasteiger partial charge in [-0.15, -0.1) is 0 Å². The van der Waals surface area contributed by atoms with E-state index in [-0.39, 0.29) is 0 Å². The number of para-hydroxylation sites is 1. The lowest BCUT2D eigenvalue weighted by Gasteiger charge is -2.07. The van der Waals surface area contributed by atoms with E-state index in [4.69, 9.17) is 0 Å². The van der Waals surface area contributed by atoms with Gasteiger partial charge in [-0.3, -0.25) is 0 Å². The van der Waals surface area contributed by atoms with Crippen molar-refractivity contribution in [1.29, 1.82) is 0 Å². The lowest BCUT2D eigenvalue weighted by atomic mass is 10.0. The van der Waals surface area contributed by atoms with Crippen LogP contribution in [0.2, 0.25) is 0 Å². The third-order valence-corrected chi connectivity index (χ3v) is 2.55. The molecule has 2 rings (SSSR count). The van der Waals surface area contributed by atoms with E-state index < -0.39 is 0 Å². The lowest BCUT2D eigenvalue weighted by Crippen LogP contribution is -2.30. The van der Waals surface area contributed by atoms with Gasteiger partial charge in [0.1, 0.15) is 0 Å². The fourth-order valence-corrected chi connectivity index (χ4v) is 1.77. The minimum atomic E-state index is 0.550. The molecule has 0 aliphatic carbocycles. The van der Waals surface area contributed by atoms with Gasteiger partial charge in [-0.2, -0.15) is 4.57 Å². The molecule has 0 fully saturated rings. The molecule has 0 amide bonds. The predicted octanol–water partition coefficient (Wildman–Crippen LogP) is 3.09. The molecule has 0 saturated heterocycles. The van der Waals surface area contributed by atoms with Crippen molar-refractivity contribution < 1.29 is 4.57 Å². The first-order valence-electron chi connectivity index (χ1n) is 5.34. The molecule has 0 atom stereocenters. The maximum atomic E-state index is 2.22. The Balaban J connectivity index is 2.53. The van der Waals surface area contributed by atoms with Crippen LogP contribution in [0, 0.1) is 0 Å². The van der Waals surface area contributed by atoms with Gasteiger partial charge in [0.25, 0.3) is 0 Å². The number of nitrogens with zero attached hydrogens (tertiary/aromatic N) is 1. The highest BCUT2D eigenvalue weighted by molar-refractivity contribution is 5.35. The van der Waals surface area contributed by atoms with Crippen molar-refractivity contribution in [3.05, 3.63) is 60.4 Å². The molecule has 76 valence electrons. The highest BCUT2D eigenvalue weighted by Crippen LogP contribution is 2.18. The number of hydrogen-bond donors (Lipinski definition) is 0. The predicted molar refractivity (Wildman–Crippen MR) is 62.1 cm³/mol. The van der Waals surface area contributed by atoms with Crippen molar-refractivity contribution in [3.63, 3.8) is 0 Å². The van der Waals surface area contributed by atoms with Crippen LogP contribution in [-0.2, 0) is 0 Å². The first-order chi connectivity index (χ1) is 7.29. The number of pyridine rings is 1. The summed E-state index contributed by atoms with van der Waals surface area (Å²) in [5.41, 5.74) is 2.65. The van der Waals surface area contributed by atoms with Gasteiger partial charge >= 0.3 is 0 Å². The molecule has 0 bridgehead atoms. The Labute approximate surface area is 91.0 Å². The lowest BCUT2D eigenvalue weighted by molar-refractivity contribution is -0.596. The van der Waals surface area contributed by atoms with Gasteiger partial charge in [0.15, 0.2) is 12.4 Å². The van der Waals surface area contributed by atoms with E-state index in [1.807, 2.05) is 6.07 Å². The molecule has 1 heteroatoms. The van der Waals surface area contributed by atoms with Gasteiger partial charge in [-0.25, -0.2) is 0 Å². The molecule has 0 spiro atoms. The highest BCUT2D eigenvalue weighted by Gasteiger charge is 2.12. The van der Waals surface area contributed by atoms with Crippen LogP contribution in [0.5, 0.6) is 0 Å². The minimum Gasteiger partial charge on any atom is -0.167 e. The maximum Gasteiger partial charge on any atom is 0.214 e. The standard InChI is InChI=1S/C14H16N/c1-12(2)13-8-4-5-9-14(13)15-10-6-3-7-11-15/h3-12H,1-2H3/q+1. The summed E-state index contributed by atoms with van der Waals surface area (Å²) in [6.07, 6.45) is 4.17. The zero-order valence-corrected chi connectivity index (χ0v) is 9.22. The van der Waals surface area contributed by atoms with Gasteiger partial charge in [0.2, 0.25) is 5.69 Å². The summed E-state index contributed by atoms with van der Waals surface area (Å²) in [6, 6.07) is 14.7. The number of hydrogen-bond acceptors (Lipinski definition) is 0. The molecule has 15 heavy (non-hydrogen) atoms. The van der Waals surface area contributed by atoms with Crippen LogP contribution in [0.1, 0.15) is 25.3 Å². The van der Waals surface area contributed by atoms with Gasteiger partial charge < -0.3 is 0 Å². The molecular weight excluding hydrogens is 182 g/mol. The second-order valence-electron chi connectivity index (χ2n) is 4.00. The largest absolute Gasteiger partial charge is 0.214 e. The van der Waals surface area contributed by atoms with Gasteiger partial charge in [0, 0.05) is 23.8 Å². The maximum absolute atomic E-state index is 2.22. The molecular formula is C14H16N+. The van der Waals surface area contributed by atoms with Gasteiger partial charge in [-0.05, 0) is 5.92 Å². The number of aromatic nitrogens is 1. The smallest absolute Gasteiger partial charge is 0.167 e. The molecule has 0 aliphatic heterocycles. The van der Waals surface area contributed by atoms with E-state index in [1.54, 1.807) is 0 Å². The third-order valence-electron chi connectivity index (χ3n) is 2.55. The van der Waals surface area contributed by atoms with Crippen LogP contribution in [0.4, 0.5) is 0 Å². The Kier molecular flexibility index (Phi) is 2.82. The molecule has 0 radical (unpaired) electrons. The average molecular weight is 198 g/mol. The molecule has 0 unspecified atom stereocenters. The number of benzene rings is 1. The fraction of sp³-hybridized carbons (Fsp3) is 0.214. The first kappa shape index (κ1) is 9.91.